The van der Waals surface area contributed by atoms with Crippen LogP contribution >= 0.6 is 0 Å². The van der Waals surface area contributed by atoms with Crippen LogP contribution in [0.4, 0.5) is 0 Å². The molecule has 0 aliphatic carbocycles. The Balaban J connectivity index is 1.70. The van der Waals surface area contributed by atoms with E-state index in [0.717, 1.165) is 33.4 Å². The lowest BCUT2D eigenvalue weighted by molar-refractivity contribution is -0.671. The third-order valence-electron chi connectivity index (χ3n) is 5.58. The number of aromatic hydroxyl groups is 1. The molecule has 168 valence electrons. The Kier molecular flexibility index (Phi) is 7.09. The number of rotatable bonds is 6. The second-order valence-corrected chi connectivity index (χ2v) is 8.44. The summed E-state index contributed by atoms with van der Waals surface area (Å²) < 4.78 is 6.00. The van der Waals surface area contributed by atoms with Gasteiger partial charge in [-0.05, 0) is 34.4 Å². The van der Waals surface area contributed by atoms with E-state index in [1.807, 2.05) is 133 Å². The van der Waals surface area contributed by atoms with Crippen LogP contribution in [0.15, 0.2) is 85.7 Å². The average molecular weight is 449 g/mol. The maximum atomic E-state index is 11.0. The Morgan fingerprint density at radius 2 is 0.765 bits per heavy atom. The molecule has 0 bridgehead atoms. The summed E-state index contributed by atoms with van der Waals surface area (Å²) >= 11 is 0. The minimum atomic E-state index is 0.263. The largest absolute Gasteiger partial charge is 0.507 e. The summed E-state index contributed by atoms with van der Waals surface area (Å²) in [7, 11) is 5.99. The molecule has 3 heterocycles. The first-order valence-corrected chi connectivity index (χ1v) is 11.2. The van der Waals surface area contributed by atoms with Crippen molar-refractivity contribution >= 4 is 36.5 Å². The smallest absolute Gasteiger partial charge is 0.169 e. The average Bonchev–Trinajstić information content (AvgIpc) is 2.84. The van der Waals surface area contributed by atoms with Crippen molar-refractivity contribution in [3.8, 4) is 5.75 Å². The zero-order valence-electron chi connectivity index (χ0n) is 19.8. The van der Waals surface area contributed by atoms with Crippen molar-refractivity contribution in [2.45, 2.75) is 0 Å². The molecule has 4 rings (SSSR count). The number of hydrogen-bond donors (Lipinski definition) is 1. The van der Waals surface area contributed by atoms with Gasteiger partial charge in [0.25, 0.3) is 0 Å². The fourth-order valence-corrected chi connectivity index (χ4v) is 3.49. The van der Waals surface area contributed by atoms with Crippen LogP contribution in [-0.2, 0) is 21.1 Å². The maximum absolute atomic E-state index is 11.0. The highest BCUT2D eigenvalue weighted by Crippen LogP contribution is 2.29. The van der Waals surface area contributed by atoms with Crippen molar-refractivity contribution in [2.24, 2.45) is 21.1 Å². The van der Waals surface area contributed by atoms with Gasteiger partial charge < -0.3 is 5.11 Å². The predicted molar refractivity (Wildman–Crippen MR) is 138 cm³/mol. The fourth-order valence-electron chi connectivity index (χ4n) is 3.49. The lowest BCUT2D eigenvalue weighted by atomic mass is 10.0. The van der Waals surface area contributed by atoms with Gasteiger partial charge in [0.15, 0.2) is 37.2 Å². The molecule has 0 atom stereocenters. The zero-order valence-corrected chi connectivity index (χ0v) is 19.8. The summed E-state index contributed by atoms with van der Waals surface area (Å²) in [4.78, 5) is 0. The molecule has 0 spiro atoms. The van der Waals surface area contributed by atoms with Crippen LogP contribution in [0.5, 0.6) is 5.75 Å². The van der Waals surface area contributed by atoms with Crippen LogP contribution in [0.2, 0.25) is 0 Å². The summed E-state index contributed by atoms with van der Waals surface area (Å²) in [5, 5.41) is 11.0. The van der Waals surface area contributed by atoms with Gasteiger partial charge in [0.2, 0.25) is 0 Å². The predicted octanol–water partition coefficient (Wildman–Crippen LogP) is 4.38. The molecule has 34 heavy (non-hydrogen) atoms. The van der Waals surface area contributed by atoms with E-state index < -0.39 is 0 Å². The normalized spacial score (nSPS) is 11.7. The Bertz CT molecular complexity index is 1270. The first-order chi connectivity index (χ1) is 16.5. The lowest BCUT2D eigenvalue weighted by Gasteiger charge is -2.07. The number of phenols is 1. The molecule has 0 saturated heterocycles. The van der Waals surface area contributed by atoms with E-state index in [1.165, 1.54) is 0 Å². The second kappa shape index (κ2) is 10.5. The summed E-state index contributed by atoms with van der Waals surface area (Å²) in [5.41, 5.74) is 5.83. The topological polar surface area (TPSA) is 31.9 Å². The second-order valence-electron chi connectivity index (χ2n) is 8.44. The summed E-state index contributed by atoms with van der Waals surface area (Å²) in [6.45, 7) is 0. The standard InChI is InChI=1S/C30H29N3O/c1-31-16-10-24(11-17-31)4-5-27-22-28(8-6-25-12-18-32(2)19-13-25)30(34)29(23-27)9-7-26-14-20-33(3)21-15-26/h4-23H,1-3H3/q+2/p+1. The third kappa shape index (κ3) is 6.14. The number of aryl methyl sites for hydroxylation is 3. The monoisotopic (exact) mass is 448 g/mol. The first kappa shape index (κ1) is 22.9. The van der Waals surface area contributed by atoms with E-state index in [-0.39, 0.29) is 5.75 Å². The molecular weight excluding hydrogens is 418 g/mol. The highest BCUT2D eigenvalue weighted by atomic mass is 16.3. The van der Waals surface area contributed by atoms with Gasteiger partial charge in [0.1, 0.15) is 26.9 Å². The number of benzene rings is 1. The summed E-state index contributed by atoms with van der Waals surface area (Å²) in [5.74, 6) is 0.263. The van der Waals surface area contributed by atoms with Crippen molar-refractivity contribution in [1.29, 1.82) is 0 Å². The number of pyridine rings is 3. The van der Waals surface area contributed by atoms with Crippen LogP contribution in [-0.4, -0.2) is 5.11 Å². The van der Waals surface area contributed by atoms with Gasteiger partial charge in [0.05, 0.1) is 0 Å². The van der Waals surface area contributed by atoms with Gasteiger partial charge in [0, 0.05) is 47.5 Å². The Hall–Kier alpha value is -4.31. The molecule has 3 aromatic heterocycles. The first-order valence-electron chi connectivity index (χ1n) is 11.2. The van der Waals surface area contributed by atoms with Crippen LogP contribution in [0.25, 0.3) is 36.5 Å². The SMILES string of the molecule is C[n+]1ccc(/C=C/c2cc(/C=C/c3cc[n+](C)cc3)c(O)c(/C=C/c3cc[n+](C)cc3)c2)cc1. The highest BCUT2D eigenvalue weighted by molar-refractivity contribution is 5.82. The van der Waals surface area contributed by atoms with Gasteiger partial charge in [-0.1, -0.05) is 36.5 Å². The van der Waals surface area contributed by atoms with Gasteiger partial charge in [-0.25, -0.2) is 13.7 Å². The minimum Gasteiger partial charge on any atom is -0.507 e. The highest BCUT2D eigenvalue weighted by Gasteiger charge is 2.06. The van der Waals surface area contributed by atoms with Crippen LogP contribution < -0.4 is 13.7 Å². The van der Waals surface area contributed by atoms with Crippen molar-refractivity contribution in [3.63, 3.8) is 0 Å². The molecule has 4 nitrogen and oxygen atoms in total. The van der Waals surface area contributed by atoms with E-state index in [4.69, 9.17) is 0 Å². The molecule has 1 aromatic carbocycles. The van der Waals surface area contributed by atoms with Crippen molar-refractivity contribution in [2.75, 3.05) is 0 Å². The molecule has 0 saturated carbocycles. The molecule has 4 aromatic rings. The number of phenolic OH excluding ortho intramolecular Hbond substituents is 1. The number of aromatic nitrogens is 3. The maximum Gasteiger partial charge on any atom is 0.169 e. The molecular formula is C30H30N3O+3. The van der Waals surface area contributed by atoms with Gasteiger partial charge in [-0.15, -0.1) is 0 Å². The van der Waals surface area contributed by atoms with Gasteiger partial charge >= 0.3 is 0 Å². The zero-order chi connectivity index (χ0) is 23.9. The van der Waals surface area contributed by atoms with Crippen LogP contribution in [0, 0.1) is 0 Å². The van der Waals surface area contributed by atoms with Crippen molar-refractivity contribution < 1.29 is 18.8 Å². The van der Waals surface area contributed by atoms with Gasteiger partial charge in [-0.3, -0.25) is 0 Å². The summed E-state index contributed by atoms with van der Waals surface area (Å²) in [6.07, 6.45) is 24.2. The van der Waals surface area contributed by atoms with E-state index in [9.17, 15) is 5.11 Å². The van der Waals surface area contributed by atoms with E-state index in [0.29, 0.717) is 0 Å². The molecule has 0 radical (unpaired) electrons. The van der Waals surface area contributed by atoms with E-state index in [2.05, 4.69) is 24.3 Å². The molecule has 0 unspecified atom stereocenters. The number of hydrogen-bond acceptors (Lipinski definition) is 1. The lowest BCUT2D eigenvalue weighted by Crippen LogP contribution is -2.25. The van der Waals surface area contributed by atoms with Crippen molar-refractivity contribution in [3.05, 3.63) is 119 Å². The van der Waals surface area contributed by atoms with Crippen LogP contribution in [0.1, 0.15) is 33.4 Å². The summed E-state index contributed by atoms with van der Waals surface area (Å²) in [6, 6.07) is 16.3. The Morgan fingerprint density at radius 1 is 0.471 bits per heavy atom. The minimum absolute atomic E-state index is 0.263. The molecule has 1 N–H and O–H groups in total. The molecule has 0 aliphatic heterocycles. The molecule has 0 aliphatic rings. The molecule has 4 heteroatoms. The quantitative estimate of drug-likeness (QED) is 0.436. The molecule has 0 fully saturated rings. The van der Waals surface area contributed by atoms with Gasteiger partial charge in [-0.2, -0.15) is 0 Å². The fraction of sp³-hybridized carbons (Fsp3) is 0.100. The Morgan fingerprint density at radius 3 is 1.12 bits per heavy atom. The third-order valence-corrected chi connectivity index (χ3v) is 5.58. The van der Waals surface area contributed by atoms with Crippen molar-refractivity contribution in [1.82, 2.24) is 0 Å². The Labute approximate surface area is 201 Å². The molecule has 0 amide bonds. The van der Waals surface area contributed by atoms with Crippen LogP contribution in [0.3, 0.4) is 0 Å². The van der Waals surface area contributed by atoms with E-state index >= 15 is 0 Å². The van der Waals surface area contributed by atoms with E-state index in [1.54, 1.807) is 0 Å². The number of nitrogens with zero attached hydrogens (tertiary/aromatic N) is 3.